The minimum atomic E-state index is -5.01. The van der Waals surface area contributed by atoms with Crippen molar-refractivity contribution in [2.24, 2.45) is 0 Å². The van der Waals surface area contributed by atoms with Gasteiger partial charge in [-0.15, -0.1) is 0 Å². The molecule has 1 aromatic heterocycles. The van der Waals surface area contributed by atoms with E-state index in [-0.39, 0.29) is 0 Å². The molecule has 1 amide bonds. The molecule has 0 saturated heterocycles. The maximum absolute atomic E-state index is 13.7. The molecule has 0 aliphatic carbocycles. The van der Waals surface area contributed by atoms with Crippen LogP contribution in [-0.2, 0) is 4.79 Å². The Balaban J connectivity index is 2.30. The van der Waals surface area contributed by atoms with E-state index in [1.54, 1.807) is 5.32 Å². The van der Waals surface area contributed by atoms with Crippen molar-refractivity contribution in [1.29, 1.82) is 0 Å². The van der Waals surface area contributed by atoms with Crippen LogP contribution in [0.2, 0.25) is 0 Å². The van der Waals surface area contributed by atoms with Crippen LogP contribution in [0.25, 0.3) is 0 Å². The van der Waals surface area contributed by atoms with E-state index < -0.39 is 41.4 Å². The number of alkyl halides is 3. The van der Waals surface area contributed by atoms with Crippen molar-refractivity contribution < 1.29 is 26.7 Å². The first-order valence-corrected chi connectivity index (χ1v) is 6.37. The topological polar surface area (TPSA) is 59.8 Å². The molecule has 5 nitrogen and oxygen atoms in total. The number of halogens is 5. The molecule has 124 valence electrons. The van der Waals surface area contributed by atoms with Crippen molar-refractivity contribution >= 4 is 5.91 Å². The lowest BCUT2D eigenvalue weighted by Crippen LogP contribution is -2.41. The molecule has 2 rings (SSSR count). The van der Waals surface area contributed by atoms with E-state index in [0.717, 1.165) is 29.5 Å². The molecule has 1 heterocycles. The summed E-state index contributed by atoms with van der Waals surface area (Å²) in [5.41, 5.74) is -1.00. The number of carbonyl (C=O) groups is 1. The summed E-state index contributed by atoms with van der Waals surface area (Å²) in [6.45, 7) is 1.29. The number of nitrogens with zero attached hydrogens (tertiary/aromatic N) is 3. The van der Waals surface area contributed by atoms with Crippen LogP contribution in [0.4, 0.5) is 22.0 Å². The summed E-state index contributed by atoms with van der Waals surface area (Å²) < 4.78 is 67.3. The van der Waals surface area contributed by atoms with Gasteiger partial charge >= 0.3 is 6.18 Å². The lowest BCUT2D eigenvalue weighted by molar-refractivity contribution is -0.165. The Hall–Kier alpha value is -2.52. The van der Waals surface area contributed by atoms with E-state index in [9.17, 15) is 26.7 Å². The lowest BCUT2D eigenvalue weighted by Gasteiger charge is -2.24. The SMILES string of the molecule is C[C@H](C(=O)N[C@H](c1cccc(F)c1F)C(F)(F)F)n1cncn1. The van der Waals surface area contributed by atoms with E-state index in [1.165, 1.54) is 6.92 Å². The molecule has 23 heavy (non-hydrogen) atoms. The molecule has 2 atom stereocenters. The smallest absolute Gasteiger partial charge is 0.339 e. The monoisotopic (exact) mass is 334 g/mol. The fraction of sp³-hybridized carbons (Fsp3) is 0.308. The fourth-order valence-electron chi connectivity index (χ4n) is 1.88. The van der Waals surface area contributed by atoms with Gasteiger partial charge in [0.1, 0.15) is 18.7 Å². The molecule has 1 N–H and O–H groups in total. The third-order valence-electron chi connectivity index (χ3n) is 3.12. The van der Waals surface area contributed by atoms with Gasteiger partial charge in [-0.05, 0) is 13.0 Å². The molecule has 0 spiro atoms. The van der Waals surface area contributed by atoms with Crippen molar-refractivity contribution in [3.63, 3.8) is 0 Å². The zero-order valence-electron chi connectivity index (χ0n) is 11.7. The van der Waals surface area contributed by atoms with Gasteiger partial charge in [-0.1, -0.05) is 12.1 Å². The molecule has 0 saturated carbocycles. The van der Waals surface area contributed by atoms with Gasteiger partial charge in [0.25, 0.3) is 0 Å². The number of hydrogen-bond donors (Lipinski definition) is 1. The van der Waals surface area contributed by atoms with Crippen LogP contribution in [0.15, 0.2) is 30.9 Å². The number of hydrogen-bond acceptors (Lipinski definition) is 3. The molecule has 0 aliphatic rings. The average Bonchev–Trinajstić information content (AvgIpc) is 3.00. The van der Waals surface area contributed by atoms with Crippen LogP contribution < -0.4 is 5.32 Å². The average molecular weight is 334 g/mol. The number of benzene rings is 1. The van der Waals surface area contributed by atoms with Gasteiger partial charge in [-0.2, -0.15) is 18.3 Å². The minimum Gasteiger partial charge on any atom is -0.339 e. The molecule has 10 heteroatoms. The van der Waals surface area contributed by atoms with Crippen LogP contribution >= 0.6 is 0 Å². The van der Waals surface area contributed by atoms with Gasteiger partial charge in [0.15, 0.2) is 17.7 Å². The normalized spacial score (nSPS) is 14.3. The summed E-state index contributed by atoms with van der Waals surface area (Å²) >= 11 is 0. The molecule has 0 aliphatic heterocycles. The summed E-state index contributed by atoms with van der Waals surface area (Å²) in [6, 6.07) is -1.42. The van der Waals surface area contributed by atoms with E-state index in [0.29, 0.717) is 6.07 Å². The first kappa shape index (κ1) is 16.8. The Morgan fingerprint density at radius 2 is 2.00 bits per heavy atom. The summed E-state index contributed by atoms with van der Waals surface area (Å²) in [7, 11) is 0. The number of aromatic nitrogens is 3. The van der Waals surface area contributed by atoms with Crippen molar-refractivity contribution in [1.82, 2.24) is 20.1 Å². The van der Waals surface area contributed by atoms with Crippen LogP contribution in [0.1, 0.15) is 24.6 Å². The third kappa shape index (κ3) is 3.63. The Labute approximate surface area is 127 Å². The maximum Gasteiger partial charge on any atom is 0.412 e. The van der Waals surface area contributed by atoms with Gasteiger partial charge in [0.05, 0.1) is 0 Å². The zero-order valence-corrected chi connectivity index (χ0v) is 11.7. The Morgan fingerprint density at radius 3 is 2.57 bits per heavy atom. The number of nitrogens with one attached hydrogen (secondary N) is 1. The highest BCUT2D eigenvalue weighted by Crippen LogP contribution is 2.34. The standard InChI is InChI=1S/C13H11F5N4O/c1-7(22-6-19-5-20-22)12(23)21-11(13(16,17)18)8-3-2-4-9(14)10(8)15/h2-7,11H,1H3,(H,21,23)/t7-,11-/m1/s1. The second kappa shape index (κ2) is 6.31. The van der Waals surface area contributed by atoms with Gasteiger partial charge in [-0.3, -0.25) is 4.79 Å². The third-order valence-corrected chi connectivity index (χ3v) is 3.12. The fourth-order valence-corrected chi connectivity index (χ4v) is 1.88. The van der Waals surface area contributed by atoms with Crippen LogP contribution in [0.3, 0.4) is 0 Å². The Morgan fingerprint density at radius 1 is 1.30 bits per heavy atom. The zero-order chi connectivity index (χ0) is 17.2. The van der Waals surface area contributed by atoms with Crippen molar-refractivity contribution in [3.8, 4) is 0 Å². The van der Waals surface area contributed by atoms with Crippen LogP contribution in [-0.4, -0.2) is 26.8 Å². The predicted molar refractivity (Wildman–Crippen MR) is 68.0 cm³/mol. The molecule has 0 bridgehead atoms. The molecule has 0 radical (unpaired) electrons. The first-order chi connectivity index (χ1) is 10.7. The van der Waals surface area contributed by atoms with Crippen molar-refractivity contribution in [2.45, 2.75) is 25.2 Å². The Bertz CT molecular complexity index is 686. The summed E-state index contributed by atoms with van der Waals surface area (Å²) in [6.07, 6.45) is -2.75. The quantitative estimate of drug-likeness (QED) is 0.874. The second-order valence-electron chi connectivity index (χ2n) is 4.68. The van der Waals surface area contributed by atoms with E-state index in [1.807, 2.05) is 0 Å². The number of amides is 1. The maximum atomic E-state index is 13.7. The summed E-state index contributed by atoms with van der Waals surface area (Å²) in [4.78, 5) is 15.5. The van der Waals surface area contributed by atoms with Gasteiger partial charge in [0.2, 0.25) is 5.91 Å². The number of rotatable bonds is 4. The van der Waals surface area contributed by atoms with Crippen molar-refractivity contribution in [2.75, 3.05) is 0 Å². The van der Waals surface area contributed by atoms with Gasteiger partial charge < -0.3 is 5.32 Å². The second-order valence-corrected chi connectivity index (χ2v) is 4.68. The molecular weight excluding hydrogens is 323 g/mol. The predicted octanol–water partition coefficient (Wildman–Crippen LogP) is 2.54. The number of carbonyl (C=O) groups excluding carboxylic acids is 1. The largest absolute Gasteiger partial charge is 0.412 e. The highest BCUT2D eigenvalue weighted by Gasteiger charge is 2.44. The van der Waals surface area contributed by atoms with E-state index >= 15 is 0 Å². The molecule has 0 fully saturated rings. The minimum absolute atomic E-state index is 0.687. The lowest BCUT2D eigenvalue weighted by atomic mass is 10.0. The van der Waals surface area contributed by atoms with Gasteiger partial charge in [0, 0.05) is 5.56 Å². The summed E-state index contributed by atoms with van der Waals surface area (Å²) in [5.74, 6) is -4.17. The molecular formula is C13H11F5N4O. The highest BCUT2D eigenvalue weighted by molar-refractivity contribution is 5.80. The Kier molecular flexibility index (Phi) is 4.62. The summed E-state index contributed by atoms with van der Waals surface area (Å²) in [5, 5.41) is 5.31. The molecule has 0 unspecified atom stereocenters. The molecule has 1 aromatic carbocycles. The van der Waals surface area contributed by atoms with Crippen molar-refractivity contribution in [3.05, 3.63) is 48.1 Å². The molecule has 2 aromatic rings. The van der Waals surface area contributed by atoms with Crippen LogP contribution in [0.5, 0.6) is 0 Å². The van der Waals surface area contributed by atoms with Crippen LogP contribution in [0, 0.1) is 11.6 Å². The van der Waals surface area contributed by atoms with Gasteiger partial charge in [-0.25, -0.2) is 18.4 Å². The highest BCUT2D eigenvalue weighted by atomic mass is 19.4. The van der Waals surface area contributed by atoms with E-state index in [4.69, 9.17) is 0 Å². The first-order valence-electron chi connectivity index (χ1n) is 6.37. The van der Waals surface area contributed by atoms with E-state index in [2.05, 4.69) is 10.1 Å².